The molecule has 1 aromatic heterocycles. The van der Waals surface area contributed by atoms with Crippen molar-refractivity contribution in [3.05, 3.63) is 46.6 Å². The van der Waals surface area contributed by atoms with Gasteiger partial charge in [-0.05, 0) is 24.6 Å². The van der Waals surface area contributed by atoms with Crippen molar-refractivity contribution >= 4 is 44.9 Å². The molecule has 11 heteroatoms. The molecule has 1 heterocycles. The fourth-order valence-electron chi connectivity index (χ4n) is 2.08. The van der Waals surface area contributed by atoms with E-state index in [-0.39, 0.29) is 10.9 Å². The number of rotatable bonds is 8. The number of urea groups is 1. The lowest BCUT2D eigenvalue weighted by Crippen LogP contribution is -2.33. The summed E-state index contributed by atoms with van der Waals surface area (Å²) in [5, 5.41) is 5.95. The highest BCUT2D eigenvalue weighted by molar-refractivity contribution is 7.88. The van der Waals surface area contributed by atoms with E-state index in [1.165, 1.54) is 23.6 Å². The molecule has 0 radical (unpaired) electrons. The number of ether oxygens (including phenoxy) is 1. The monoisotopic (exact) mass is 446 g/mol. The summed E-state index contributed by atoms with van der Waals surface area (Å²) in [6, 6.07) is 7.85. The maximum absolute atomic E-state index is 12.1. The number of benzene rings is 1. The van der Waals surface area contributed by atoms with Crippen molar-refractivity contribution in [3.63, 3.8) is 0 Å². The summed E-state index contributed by atoms with van der Waals surface area (Å²) in [5.41, 5.74) is 0.418. The van der Waals surface area contributed by atoms with Crippen molar-refractivity contribution in [1.82, 2.24) is 14.6 Å². The molecule has 2 aromatic rings. The highest BCUT2D eigenvalue weighted by Gasteiger charge is 2.12. The van der Waals surface area contributed by atoms with E-state index in [1.807, 2.05) is 0 Å². The Morgan fingerprint density at radius 3 is 2.68 bits per heavy atom. The molecule has 2 N–H and O–H groups in total. The van der Waals surface area contributed by atoms with E-state index in [0.29, 0.717) is 36.0 Å². The molecule has 0 fully saturated rings. The van der Waals surface area contributed by atoms with E-state index in [4.69, 9.17) is 27.9 Å². The minimum Gasteiger partial charge on any atom is -0.435 e. The van der Waals surface area contributed by atoms with Gasteiger partial charge in [0.2, 0.25) is 15.9 Å². The van der Waals surface area contributed by atoms with Crippen molar-refractivity contribution in [2.75, 3.05) is 31.7 Å². The van der Waals surface area contributed by atoms with Gasteiger partial charge in [0.25, 0.3) is 0 Å². The first kappa shape index (κ1) is 22.2. The van der Waals surface area contributed by atoms with Gasteiger partial charge >= 0.3 is 6.03 Å². The first-order valence-corrected chi connectivity index (χ1v) is 10.8. The molecule has 0 saturated carbocycles. The number of carbonyl (C=O) groups excluding carboxylic acids is 1. The van der Waals surface area contributed by atoms with Gasteiger partial charge in [0.15, 0.2) is 5.75 Å². The van der Waals surface area contributed by atoms with Crippen molar-refractivity contribution in [2.24, 2.45) is 0 Å². The maximum atomic E-state index is 12.1. The lowest BCUT2D eigenvalue weighted by Gasteiger charge is -2.15. The lowest BCUT2D eigenvalue weighted by atomic mass is 10.3. The number of sulfonamides is 1. The van der Waals surface area contributed by atoms with Crippen LogP contribution in [0, 0.1) is 0 Å². The van der Waals surface area contributed by atoms with E-state index in [9.17, 15) is 13.2 Å². The van der Waals surface area contributed by atoms with E-state index in [0.717, 1.165) is 6.26 Å². The van der Waals surface area contributed by atoms with Gasteiger partial charge in [0, 0.05) is 26.3 Å². The van der Waals surface area contributed by atoms with Gasteiger partial charge in [-0.2, -0.15) is 0 Å². The summed E-state index contributed by atoms with van der Waals surface area (Å²) in [4.78, 5) is 16.1. The molecule has 1 aromatic carbocycles. The molecule has 0 unspecified atom stereocenters. The topological polar surface area (TPSA) is 101 Å². The summed E-state index contributed by atoms with van der Waals surface area (Å²) in [6.07, 6.45) is 3.00. The molecule has 0 aliphatic rings. The fourth-order valence-corrected chi connectivity index (χ4v) is 2.96. The zero-order valence-electron chi connectivity index (χ0n) is 15.3. The van der Waals surface area contributed by atoms with Crippen LogP contribution in [-0.4, -0.2) is 50.1 Å². The third-order valence-electron chi connectivity index (χ3n) is 3.62. The molecular weight excluding hydrogens is 427 g/mol. The zero-order chi connectivity index (χ0) is 20.7. The second-order valence-electron chi connectivity index (χ2n) is 5.86. The Hall–Kier alpha value is -2.07. The minimum atomic E-state index is -3.23. The molecule has 152 valence electrons. The first-order valence-electron chi connectivity index (χ1n) is 8.21. The SMILES string of the molecule is CN(CCCNC(=O)Nc1ccccc1Oc1ncc(Cl)cc1Cl)S(C)(=O)=O. The average molecular weight is 447 g/mol. The molecule has 8 nitrogen and oxygen atoms in total. The smallest absolute Gasteiger partial charge is 0.319 e. The number of anilines is 1. The second kappa shape index (κ2) is 9.92. The molecule has 2 rings (SSSR count). The fraction of sp³-hybridized carbons (Fsp3) is 0.294. The van der Waals surface area contributed by atoms with E-state index in [1.54, 1.807) is 24.3 Å². The van der Waals surface area contributed by atoms with Crippen LogP contribution in [0.1, 0.15) is 6.42 Å². The number of halogens is 2. The Labute approximate surface area is 173 Å². The summed E-state index contributed by atoms with van der Waals surface area (Å²) in [7, 11) is -1.75. The Balaban J connectivity index is 1.92. The Morgan fingerprint density at radius 1 is 1.29 bits per heavy atom. The molecule has 0 atom stereocenters. The van der Waals surface area contributed by atoms with Crippen LogP contribution in [0.3, 0.4) is 0 Å². The van der Waals surface area contributed by atoms with Crippen LogP contribution < -0.4 is 15.4 Å². The van der Waals surface area contributed by atoms with Gasteiger partial charge in [0.05, 0.1) is 17.0 Å². The number of pyridine rings is 1. The highest BCUT2D eigenvalue weighted by atomic mass is 35.5. The zero-order valence-corrected chi connectivity index (χ0v) is 17.6. The van der Waals surface area contributed by atoms with Crippen LogP contribution >= 0.6 is 23.2 Å². The molecule has 2 amide bonds. The van der Waals surface area contributed by atoms with Crippen LogP contribution in [0.5, 0.6) is 11.6 Å². The molecular formula is C17H20Cl2N4O4S. The highest BCUT2D eigenvalue weighted by Crippen LogP contribution is 2.33. The largest absolute Gasteiger partial charge is 0.435 e. The molecule has 0 aliphatic heterocycles. The Bertz CT molecular complexity index is 941. The van der Waals surface area contributed by atoms with E-state index in [2.05, 4.69) is 15.6 Å². The minimum absolute atomic E-state index is 0.157. The van der Waals surface area contributed by atoms with Gasteiger partial charge in [-0.3, -0.25) is 0 Å². The number of nitrogens with zero attached hydrogens (tertiary/aromatic N) is 2. The van der Waals surface area contributed by atoms with Gasteiger partial charge < -0.3 is 15.4 Å². The number of hydrogen-bond donors (Lipinski definition) is 2. The van der Waals surface area contributed by atoms with Crippen molar-refractivity contribution in [1.29, 1.82) is 0 Å². The number of para-hydroxylation sites is 2. The van der Waals surface area contributed by atoms with Crippen molar-refractivity contribution in [2.45, 2.75) is 6.42 Å². The second-order valence-corrected chi connectivity index (χ2v) is 8.79. The number of amides is 2. The molecule has 28 heavy (non-hydrogen) atoms. The van der Waals surface area contributed by atoms with Crippen LogP contribution in [0.4, 0.5) is 10.5 Å². The van der Waals surface area contributed by atoms with Crippen molar-refractivity contribution < 1.29 is 17.9 Å². The summed E-state index contributed by atoms with van der Waals surface area (Å²) in [5.74, 6) is 0.510. The number of nitrogens with one attached hydrogen (secondary N) is 2. The van der Waals surface area contributed by atoms with Crippen LogP contribution in [0.2, 0.25) is 10.0 Å². The third-order valence-corrected chi connectivity index (χ3v) is 5.41. The summed E-state index contributed by atoms with van der Waals surface area (Å²) >= 11 is 11.9. The van der Waals surface area contributed by atoms with Crippen molar-refractivity contribution in [3.8, 4) is 11.6 Å². The van der Waals surface area contributed by atoms with Crippen LogP contribution in [-0.2, 0) is 10.0 Å². The molecule has 0 aliphatic carbocycles. The third kappa shape index (κ3) is 6.83. The first-order chi connectivity index (χ1) is 13.2. The van der Waals surface area contributed by atoms with Gasteiger partial charge in [-0.1, -0.05) is 35.3 Å². The Kier molecular flexibility index (Phi) is 7.88. The summed E-state index contributed by atoms with van der Waals surface area (Å²) < 4.78 is 29.5. The predicted octanol–water partition coefficient (Wildman–Crippen LogP) is 3.58. The normalized spacial score (nSPS) is 11.3. The molecule has 0 spiro atoms. The van der Waals surface area contributed by atoms with Gasteiger partial charge in [-0.25, -0.2) is 22.5 Å². The predicted molar refractivity (Wildman–Crippen MR) is 110 cm³/mol. The van der Waals surface area contributed by atoms with Crippen LogP contribution in [0.25, 0.3) is 0 Å². The maximum Gasteiger partial charge on any atom is 0.319 e. The van der Waals surface area contributed by atoms with E-state index < -0.39 is 16.1 Å². The standard InChI is InChI=1S/C17H20Cl2N4O4S/c1-23(28(2,25)26)9-5-8-20-17(24)22-14-6-3-4-7-15(14)27-16-13(19)10-12(18)11-21-16/h3-4,6-7,10-11H,5,8-9H2,1-2H3,(H2,20,22,24). The summed E-state index contributed by atoms with van der Waals surface area (Å²) in [6.45, 7) is 0.610. The lowest BCUT2D eigenvalue weighted by molar-refractivity contribution is 0.251. The average Bonchev–Trinajstić information content (AvgIpc) is 2.61. The van der Waals surface area contributed by atoms with E-state index >= 15 is 0 Å². The van der Waals surface area contributed by atoms with Gasteiger partial charge in [0.1, 0.15) is 5.02 Å². The quantitative estimate of drug-likeness (QED) is 0.603. The Morgan fingerprint density at radius 2 is 2.00 bits per heavy atom. The number of aromatic nitrogens is 1. The molecule has 0 bridgehead atoms. The number of hydrogen-bond acceptors (Lipinski definition) is 5. The number of carbonyl (C=O) groups is 1. The van der Waals surface area contributed by atoms with Crippen LogP contribution in [0.15, 0.2) is 36.5 Å². The molecule has 0 saturated heterocycles. The van der Waals surface area contributed by atoms with Gasteiger partial charge in [-0.15, -0.1) is 0 Å².